The maximum Gasteiger partial charge on any atom is 0.416 e. The van der Waals surface area contributed by atoms with Gasteiger partial charge in [0.2, 0.25) is 0 Å². The van der Waals surface area contributed by atoms with Gasteiger partial charge >= 0.3 is 6.18 Å². The van der Waals surface area contributed by atoms with E-state index in [4.69, 9.17) is 0 Å². The molecule has 1 aromatic carbocycles. The second-order valence-electron chi connectivity index (χ2n) is 4.99. The fourth-order valence-electron chi connectivity index (χ4n) is 1.98. The largest absolute Gasteiger partial charge is 0.416 e. The van der Waals surface area contributed by atoms with Crippen molar-refractivity contribution in [3.05, 3.63) is 41.7 Å². The summed E-state index contributed by atoms with van der Waals surface area (Å²) in [6, 6.07) is 5.75. The summed E-state index contributed by atoms with van der Waals surface area (Å²) in [4.78, 5) is 7.20. The molecule has 1 aromatic heterocycles. The molecule has 2 N–H and O–H groups in total. The molecule has 3 nitrogen and oxygen atoms in total. The van der Waals surface area contributed by atoms with Gasteiger partial charge in [-0.25, -0.2) is 4.98 Å². The van der Waals surface area contributed by atoms with Crippen molar-refractivity contribution < 1.29 is 13.2 Å². The fourth-order valence-corrected chi connectivity index (χ4v) is 1.98. The van der Waals surface area contributed by atoms with Crippen LogP contribution in [0.1, 0.15) is 24.1 Å². The second kappa shape index (κ2) is 4.94. The van der Waals surface area contributed by atoms with Gasteiger partial charge in [-0.05, 0) is 25.0 Å². The lowest BCUT2D eigenvalue weighted by Crippen LogP contribution is -2.15. The van der Waals surface area contributed by atoms with E-state index in [2.05, 4.69) is 15.3 Å². The minimum atomic E-state index is -4.33. The first-order valence-electron chi connectivity index (χ1n) is 6.47. The van der Waals surface area contributed by atoms with Crippen molar-refractivity contribution in [1.82, 2.24) is 15.3 Å². The highest BCUT2D eigenvalue weighted by molar-refractivity contribution is 5.56. The molecule has 106 valence electrons. The van der Waals surface area contributed by atoms with Crippen LogP contribution in [0.5, 0.6) is 0 Å². The molecule has 0 aliphatic heterocycles. The van der Waals surface area contributed by atoms with E-state index in [1.54, 1.807) is 12.3 Å². The lowest BCUT2D eigenvalue weighted by atomic mass is 10.1. The zero-order chi connectivity index (χ0) is 14.2. The van der Waals surface area contributed by atoms with Gasteiger partial charge in [-0.15, -0.1) is 0 Å². The third-order valence-electron chi connectivity index (χ3n) is 3.25. The predicted octanol–water partition coefficient (Wildman–Crippen LogP) is 3.35. The van der Waals surface area contributed by atoms with Crippen molar-refractivity contribution in [2.75, 3.05) is 0 Å². The Morgan fingerprint density at radius 2 is 2.10 bits per heavy atom. The van der Waals surface area contributed by atoms with Gasteiger partial charge in [-0.1, -0.05) is 12.1 Å². The molecule has 1 saturated carbocycles. The van der Waals surface area contributed by atoms with Gasteiger partial charge in [0.05, 0.1) is 5.56 Å². The Morgan fingerprint density at radius 1 is 1.30 bits per heavy atom. The summed E-state index contributed by atoms with van der Waals surface area (Å²) in [5, 5.41) is 3.32. The lowest BCUT2D eigenvalue weighted by molar-refractivity contribution is -0.137. The number of halogens is 3. The molecule has 0 saturated heterocycles. The molecule has 2 aromatic rings. The summed E-state index contributed by atoms with van der Waals surface area (Å²) < 4.78 is 38.0. The SMILES string of the molecule is FC(F)(F)c1cccc(-c2ncc(CNC3CC3)[nH]2)c1. The average Bonchev–Trinajstić information content (AvgIpc) is 3.12. The van der Waals surface area contributed by atoms with E-state index in [0.29, 0.717) is 24.0 Å². The molecule has 6 heteroatoms. The van der Waals surface area contributed by atoms with Crippen molar-refractivity contribution in [1.29, 1.82) is 0 Å². The van der Waals surface area contributed by atoms with Crippen LogP contribution in [0.4, 0.5) is 13.2 Å². The molecule has 0 atom stereocenters. The van der Waals surface area contributed by atoms with Crippen LogP contribution >= 0.6 is 0 Å². The van der Waals surface area contributed by atoms with Crippen LogP contribution in [0.3, 0.4) is 0 Å². The van der Waals surface area contributed by atoms with Crippen molar-refractivity contribution in [2.45, 2.75) is 31.6 Å². The number of aromatic amines is 1. The zero-order valence-corrected chi connectivity index (χ0v) is 10.7. The molecule has 0 radical (unpaired) electrons. The van der Waals surface area contributed by atoms with Gasteiger partial charge < -0.3 is 10.3 Å². The minimum absolute atomic E-state index is 0.442. The first-order valence-corrected chi connectivity index (χ1v) is 6.47. The van der Waals surface area contributed by atoms with Crippen LogP contribution < -0.4 is 5.32 Å². The number of nitrogens with zero attached hydrogens (tertiary/aromatic N) is 1. The average molecular weight is 281 g/mol. The van der Waals surface area contributed by atoms with Gasteiger partial charge in [0.25, 0.3) is 0 Å². The molecular formula is C14H14F3N3. The van der Waals surface area contributed by atoms with E-state index in [-0.39, 0.29) is 0 Å². The topological polar surface area (TPSA) is 40.7 Å². The Labute approximate surface area is 114 Å². The third-order valence-corrected chi connectivity index (χ3v) is 3.25. The Morgan fingerprint density at radius 3 is 2.80 bits per heavy atom. The highest BCUT2D eigenvalue weighted by Gasteiger charge is 2.30. The van der Waals surface area contributed by atoms with Crippen LogP contribution in [0.25, 0.3) is 11.4 Å². The van der Waals surface area contributed by atoms with Gasteiger partial charge in [0, 0.05) is 30.0 Å². The quantitative estimate of drug-likeness (QED) is 0.902. The lowest BCUT2D eigenvalue weighted by Gasteiger charge is -2.07. The maximum atomic E-state index is 12.7. The molecule has 1 fully saturated rings. The van der Waals surface area contributed by atoms with E-state index >= 15 is 0 Å². The van der Waals surface area contributed by atoms with E-state index < -0.39 is 11.7 Å². The van der Waals surface area contributed by atoms with Gasteiger partial charge in [-0.2, -0.15) is 13.2 Å². The number of nitrogens with one attached hydrogen (secondary N) is 2. The Bertz CT molecular complexity index is 600. The van der Waals surface area contributed by atoms with Crippen LogP contribution in [-0.4, -0.2) is 16.0 Å². The maximum absolute atomic E-state index is 12.7. The number of H-pyrrole nitrogens is 1. The molecule has 0 unspecified atom stereocenters. The highest BCUT2D eigenvalue weighted by atomic mass is 19.4. The van der Waals surface area contributed by atoms with E-state index in [0.717, 1.165) is 17.8 Å². The molecule has 3 rings (SSSR count). The first-order chi connectivity index (χ1) is 9.52. The number of hydrogen-bond donors (Lipinski definition) is 2. The van der Waals surface area contributed by atoms with Crippen LogP contribution in [0.15, 0.2) is 30.5 Å². The van der Waals surface area contributed by atoms with Crippen LogP contribution in [-0.2, 0) is 12.7 Å². The van der Waals surface area contributed by atoms with E-state index in [9.17, 15) is 13.2 Å². The molecule has 20 heavy (non-hydrogen) atoms. The molecule has 0 amide bonds. The molecule has 1 aliphatic rings. The summed E-state index contributed by atoms with van der Waals surface area (Å²) >= 11 is 0. The number of imidazole rings is 1. The number of benzene rings is 1. The fraction of sp³-hybridized carbons (Fsp3) is 0.357. The van der Waals surface area contributed by atoms with Crippen LogP contribution in [0, 0.1) is 0 Å². The molecule has 0 spiro atoms. The number of alkyl halides is 3. The summed E-state index contributed by atoms with van der Waals surface area (Å²) in [6.07, 6.45) is -0.298. The summed E-state index contributed by atoms with van der Waals surface area (Å²) in [6.45, 7) is 0.663. The molecule has 1 heterocycles. The normalized spacial score (nSPS) is 15.6. The van der Waals surface area contributed by atoms with Crippen molar-refractivity contribution >= 4 is 0 Å². The Balaban J connectivity index is 1.78. The first kappa shape index (κ1) is 13.2. The summed E-state index contributed by atoms with van der Waals surface area (Å²) in [5.74, 6) is 0.462. The van der Waals surface area contributed by atoms with Gasteiger partial charge in [-0.3, -0.25) is 0 Å². The van der Waals surface area contributed by atoms with Crippen LogP contribution in [0.2, 0.25) is 0 Å². The standard InChI is InChI=1S/C14H14F3N3/c15-14(16,17)10-3-1-2-9(6-10)13-19-8-12(20-13)7-18-11-4-5-11/h1-3,6,8,11,18H,4-5,7H2,(H,19,20). The van der Waals surface area contributed by atoms with Gasteiger partial charge in [0.15, 0.2) is 0 Å². The minimum Gasteiger partial charge on any atom is -0.341 e. The van der Waals surface area contributed by atoms with E-state index in [1.165, 1.54) is 18.9 Å². The summed E-state index contributed by atoms with van der Waals surface area (Å²) in [7, 11) is 0. The summed E-state index contributed by atoms with van der Waals surface area (Å²) in [5.41, 5.74) is 0.658. The second-order valence-corrected chi connectivity index (χ2v) is 4.99. The third kappa shape index (κ3) is 3.01. The number of hydrogen-bond acceptors (Lipinski definition) is 2. The van der Waals surface area contributed by atoms with Gasteiger partial charge in [0.1, 0.15) is 5.82 Å². The zero-order valence-electron chi connectivity index (χ0n) is 10.7. The predicted molar refractivity (Wildman–Crippen MR) is 68.9 cm³/mol. The highest BCUT2D eigenvalue weighted by Crippen LogP contribution is 2.31. The smallest absolute Gasteiger partial charge is 0.341 e. The molecular weight excluding hydrogens is 267 g/mol. The number of aromatic nitrogens is 2. The van der Waals surface area contributed by atoms with Crippen molar-refractivity contribution in [3.8, 4) is 11.4 Å². The van der Waals surface area contributed by atoms with E-state index in [1.807, 2.05) is 0 Å². The van der Waals surface area contributed by atoms with Crippen molar-refractivity contribution in [3.63, 3.8) is 0 Å². The number of rotatable bonds is 4. The molecule has 1 aliphatic carbocycles. The Hall–Kier alpha value is -1.82. The Kier molecular flexibility index (Phi) is 3.25. The van der Waals surface area contributed by atoms with Crippen molar-refractivity contribution in [2.24, 2.45) is 0 Å². The molecule has 0 bridgehead atoms. The monoisotopic (exact) mass is 281 g/mol.